The molecule has 10 heteroatoms. The van der Waals surface area contributed by atoms with E-state index in [2.05, 4.69) is 0 Å². The molecular formula is C24H22N4O6. The predicted molar refractivity (Wildman–Crippen MR) is 125 cm³/mol. The van der Waals surface area contributed by atoms with E-state index in [9.17, 15) is 24.8 Å². The van der Waals surface area contributed by atoms with Crippen LogP contribution in [0.15, 0.2) is 52.1 Å². The molecule has 3 heterocycles. The van der Waals surface area contributed by atoms with E-state index in [-0.39, 0.29) is 16.8 Å². The molecule has 2 aromatic heterocycles. The van der Waals surface area contributed by atoms with Crippen molar-refractivity contribution in [1.29, 1.82) is 0 Å². The minimum absolute atomic E-state index is 0.0561. The number of nitro groups is 1. The second-order valence-corrected chi connectivity index (χ2v) is 8.42. The van der Waals surface area contributed by atoms with Gasteiger partial charge in [0, 0.05) is 37.8 Å². The second kappa shape index (κ2) is 7.70. The maximum Gasteiger partial charge on any atom is 0.331 e. The van der Waals surface area contributed by atoms with Gasteiger partial charge in [0.15, 0.2) is 0 Å². The van der Waals surface area contributed by atoms with Crippen LogP contribution >= 0.6 is 0 Å². The Morgan fingerprint density at radius 3 is 2.59 bits per heavy atom. The first-order chi connectivity index (χ1) is 16.2. The van der Waals surface area contributed by atoms with Crippen molar-refractivity contribution >= 4 is 16.6 Å². The van der Waals surface area contributed by atoms with Gasteiger partial charge in [-0.2, -0.15) is 0 Å². The molecule has 34 heavy (non-hydrogen) atoms. The number of rotatable bonds is 3. The summed E-state index contributed by atoms with van der Waals surface area (Å²) in [5.41, 5.74) is 2.11. The number of aromatic hydroxyl groups is 1. The highest BCUT2D eigenvalue weighted by atomic mass is 16.6. The van der Waals surface area contributed by atoms with Crippen molar-refractivity contribution in [3.63, 3.8) is 0 Å². The third kappa shape index (κ3) is 3.06. The quantitative estimate of drug-likeness (QED) is 0.369. The number of fused-ring (bicyclic) bond motifs is 3. The van der Waals surface area contributed by atoms with Gasteiger partial charge in [-0.05, 0) is 24.6 Å². The van der Waals surface area contributed by atoms with Gasteiger partial charge >= 0.3 is 5.69 Å². The molecular weight excluding hydrogens is 440 g/mol. The normalized spacial score (nSPS) is 15.4. The first-order valence-electron chi connectivity index (χ1n) is 10.7. The number of aryl methyl sites for hydroxylation is 2. The molecule has 4 aromatic rings. The van der Waals surface area contributed by atoms with Gasteiger partial charge in [-0.15, -0.1) is 0 Å². The fourth-order valence-corrected chi connectivity index (χ4v) is 4.78. The van der Waals surface area contributed by atoms with Gasteiger partial charge in [-0.3, -0.25) is 24.0 Å². The molecule has 10 nitrogen and oxygen atoms in total. The van der Waals surface area contributed by atoms with Gasteiger partial charge in [0.1, 0.15) is 11.9 Å². The van der Waals surface area contributed by atoms with Crippen LogP contribution in [0.5, 0.6) is 5.75 Å². The molecule has 1 atom stereocenters. The average Bonchev–Trinajstić information content (AvgIpc) is 3.17. The lowest BCUT2D eigenvalue weighted by molar-refractivity contribution is -0.385. The fraction of sp³-hybridized carbons (Fsp3) is 0.250. The number of ether oxygens (including phenoxy) is 1. The van der Waals surface area contributed by atoms with Crippen LogP contribution in [0.3, 0.4) is 0 Å². The van der Waals surface area contributed by atoms with Gasteiger partial charge in [0.05, 0.1) is 33.8 Å². The zero-order valence-corrected chi connectivity index (χ0v) is 18.8. The molecule has 0 saturated carbocycles. The van der Waals surface area contributed by atoms with E-state index in [1.54, 1.807) is 50.4 Å². The smallest absolute Gasteiger partial charge is 0.331 e. The minimum atomic E-state index is -0.657. The number of benzene rings is 2. The van der Waals surface area contributed by atoms with Crippen LogP contribution in [0.1, 0.15) is 22.9 Å². The van der Waals surface area contributed by atoms with E-state index in [4.69, 9.17) is 4.74 Å². The van der Waals surface area contributed by atoms with Crippen molar-refractivity contribution in [3.05, 3.63) is 90.2 Å². The molecule has 174 valence electrons. The monoisotopic (exact) mass is 462 g/mol. The third-order valence-corrected chi connectivity index (χ3v) is 6.40. The molecule has 0 spiro atoms. The highest BCUT2D eigenvalue weighted by Crippen LogP contribution is 2.41. The van der Waals surface area contributed by atoms with Crippen molar-refractivity contribution in [1.82, 2.24) is 13.7 Å². The van der Waals surface area contributed by atoms with Crippen molar-refractivity contribution in [3.8, 4) is 17.0 Å². The number of hydrogen-bond donors (Lipinski definition) is 1. The van der Waals surface area contributed by atoms with E-state index in [0.717, 1.165) is 4.57 Å². The van der Waals surface area contributed by atoms with Crippen molar-refractivity contribution in [2.45, 2.75) is 19.6 Å². The maximum atomic E-state index is 13.4. The number of hydrogen-bond acceptors (Lipinski definition) is 6. The van der Waals surface area contributed by atoms with Crippen LogP contribution in [-0.2, 0) is 25.4 Å². The number of phenolic OH excluding ortho intramolecular Hbond substituents is 1. The van der Waals surface area contributed by atoms with E-state index >= 15 is 0 Å². The lowest BCUT2D eigenvalue weighted by Crippen LogP contribution is -2.37. The largest absolute Gasteiger partial charge is 0.508 e. The van der Waals surface area contributed by atoms with Gasteiger partial charge in [0.25, 0.3) is 11.2 Å². The summed E-state index contributed by atoms with van der Waals surface area (Å²) in [6.07, 6.45) is -0.657. The molecule has 0 radical (unpaired) electrons. The third-order valence-electron chi connectivity index (χ3n) is 6.40. The molecule has 2 aromatic carbocycles. The Kier molecular flexibility index (Phi) is 4.90. The van der Waals surface area contributed by atoms with E-state index in [0.29, 0.717) is 46.7 Å². The molecule has 0 unspecified atom stereocenters. The Hall–Kier alpha value is -4.18. The standard InChI is InChI=1S/C24H22N4O6/c1-13-7-8-14(12-17(13)28(32)33)19-18-20(25(2)24(31)26(3)23(18)30)21-22(34-10-9-27(19)21)15-5-4-6-16(29)11-15/h4-8,11-12,22,29H,9-10H2,1-3H3/t22-/m1/s1. The van der Waals surface area contributed by atoms with Crippen molar-refractivity contribution in [2.75, 3.05) is 6.61 Å². The summed E-state index contributed by atoms with van der Waals surface area (Å²) >= 11 is 0. The topological polar surface area (TPSA) is 122 Å². The Bertz CT molecular complexity index is 1610. The second-order valence-electron chi connectivity index (χ2n) is 8.42. The van der Waals surface area contributed by atoms with Crippen LogP contribution in [0.4, 0.5) is 5.69 Å². The fourth-order valence-electron chi connectivity index (χ4n) is 4.78. The number of nitrogens with zero attached hydrogens (tertiary/aromatic N) is 4. The van der Waals surface area contributed by atoms with E-state index in [1.807, 2.05) is 4.57 Å². The highest BCUT2D eigenvalue weighted by molar-refractivity contribution is 5.97. The lowest BCUT2D eigenvalue weighted by atomic mass is 10.0. The first-order valence-corrected chi connectivity index (χ1v) is 10.7. The van der Waals surface area contributed by atoms with Gasteiger partial charge < -0.3 is 14.4 Å². The molecule has 5 rings (SSSR count). The highest BCUT2D eigenvalue weighted by Gasteiger charge is 2.33. The molecule has 1 aliphatic rings. The van der Waals surface area contributed by atoms with Gasteiger partial charge in [0.2, 0.25) is 0 Å². The maximum absolute atomic E-state index is 13.4. The summed E-state index contributed by atoms with van der Waals surface area (Å²) in [4.78, 5) is 37.5. The summed E-state index contributed by atoms with van der Waals surface area (Å²) in [6, 6.07) is 11.5. The zero-order valence-electron chi connectivity index (χ0n) is 18.8. The predicted octanol–water partition coefficient (Wildman–Crippen LogP) is 2.75. The van der Waals surface area contributed by atoms with Crippen LogP contribution in [0.2, 0.25) is 0 Å². The summed E-state index contributed by atoms with van der Waals surface area (Å²) in [5, 5.41) is 22.0. The molecule has 1 N–H and O–H groups in total. The Balaban J connectivity index is 1.94. The summed E-state index contributed by atoms with van der Waals surface area (Å²) in [7, 11) is 2.99. The Morgan fingerprint density at radius 2 is 1.88 bits per heavy atom. The Labute approximate surface area is 193 Å². The molecule has 0 aliphatic carbocycles. The van der Waals surface area contributed by atoms with E-state index < -0.39 is 22.3 Å². The zero-order chi connectivity index (χ0) is 24.3. The van der Waals surface area contributed by atoms with Crippen molar-refractivity contribution < 1.29 is 14.8 Å². The van der Waals surface area contributed by atoms with Crippen LogP contribution in [0.25, 0.3) is 22.2 Å². The number of nitro benzene ring substituents is 1. The van der Waals surface area contributed by atoms with Gasteiger partial charge in [-0.1, -0.05) is 24.3 Å². The molecule has 0 bridgehead atoms. The molecule has 0 fully saturated rings. The summed E-state index contributed by atoms with van der Waals surface area (Å²) < 4.78 is 10.4. The average molecular weight is 462 g/mol. The van der Waals surface area contributed by atoms with Gasteiger partial charge in [-0.25, -0.2) is 4.79 Å². The number of phenols is 1. The summed E-state index contributed by atoms with van der Waals surface area (Å²) in [6.45, 7) is 2.35. The SMILES string of the molecule is Cc1ccc(-c2c3c(=O)n(C)c(=O)n(C)c3c3n2CCO[C@@H]3c2cccc(O)c2)cc1[N+](=O)[O-]. The minimum Gasteiger partial charge on any atom is -0.508 e. The van der Waals surface area contributed by atoms with Crippen LogP contribution in [0, 0.1) is 17.0 Å². The molecule has 1 aliphatic heterocycles. The van der Waals surface area contributed by atoms with Crippen molar-refractivity contribution in [2.24, 2.45) is 14.1 Å². The summed E-state index contributed by atoms with van der Waals surface area (Å²) in [5.74, 6) is 0.0632. The first kappa shape index (κ1) is 21.7. The number of aromatic nitrogens is 3. The Morgan fingerprint density at radius 1 is 1.12 bits per heavy atom. The van der Waals surface area contributed by atoms with E-state index in [1.165, 1.54) is 17.7 Å². The van der Waals surface area contributed by atoms with Crippen LogP contribution < -0.4 is 11.2 Å². The van der Waals surface area contributed by atoms with Crippen LogP contribution in [-0.4, -0.2) is 30.3 Å². The molecule has 0 amide bonds. The lowest BCUT2D eigenvalue weighted by Gasteiger charge is -2.27. The molecule has 0 saturated heterocycles.